The molecule has 1 aromatic rings. The van der Waals surface area contributed by atoms with Crippen molar-refractivity contribution in [1.82, 2.24) is 15.2 Å². The summed E-state index contributed by atoms with van der Waals surface area (Å²) in [5, 5.41) is 6.33. The van der Waals surface area contributed by atoms with Gasteiger partial charge in [0.2, 0.25) is 0 Å². The molecule has 0 spiro atoms. The molecule has 1 aliphatic heterocycles. The molecular weight excluding hydrogens is 238 g/mol. The smallest absolute Gasteiger partial charge is 0.267 e. The third kappa shape index (κ3) is 3.23. The monoisotopic (exact) mass is 257 g/mol. The average molecular weight is 258 g/mol. The van der Waals surface area contributed by atoms with Crippen LogP contribution in [0.25, 0.3) is 0 Å². The van der Waals surface area contributed by atoms with Crippen LogP contribution in [0.1, 0.15) is 29.0 Å². The highest BCUT2D eigenvalue weighted by Crippen LogP contribution is 2.07. The number of rotatable bonds is 3. The first-order valence-corrected chi connectivity index (χ1v) is 5.82. The van der Waals surface area contributed by atoms with E-state index in [1.165, 1.54) is 6.42 Å². The molecule has 1 fully saturated rings. The first-order valence-electron chi connectivity index (χ1n) is 5.82. The summed E-state index contributed by atoms with van der Waals surface area (Å²) in [6, 6.07) is 4.28. The minimum atomic E-state index is 0. The van der Waals surface area contributed by atoms with Crippen LogP contribution < -0.4 is 10.6 Å². The standard InChI is InChI=1S/C12H19N3O.ClH/c1-9-5-6-11(15(9)2)12(16)14-8-10-4-3-7-13-10;/h5-6,10,13H,3-4,7-8H2,1-2H3,(H,14,16);1H. The summed E-state index contributed by atoms with van der Waals surface area (Å²) < 4.78 is 1.91. The Bertz CT molecular complexity index is 383. The summed E-state index contributed by atoms with van der Waals surface area (Å²) in [6.45, 7) is 3.79. The number of aromatic nitrogens is 1. The molecule has 2 heterocycles. The van der Waals surface area contributed by atoms with Crippen molar-refractivity contribution in [3.05, 3.63) is 23.5 Å². The molecule has 0 bridgehead atoms. The fourth-order valence-corrected chi connectivity index (χ4v) is 2.08. The van der Waals surface area contributed by atoms with E-state index in [-0.39, 0.29) is 18.3 Å². The van der Waals surface area contributed by atoms with Crippen molar-refractivity contribution in [2.75, 3.05) is 13.1 Å². The molecule has 17 heavy (non-hydrogen) atoms. The van der Waals surface area contributed by atoms with Crippen molar-refractivity contribution in [2.45, 2.75) is 25.8 Å². The van der Waals surface area contributed by atoms with Gasteiger partial charge in [0, 0.05) is 25.3 Å². The average Bonchev–Trinajstić information content (AvgIpc) is 2.88. The number of hydrogen-bond donors (Lipinski definition) is 2. The van der Waals surface area contributed by atoms with Crippen LogP contribution in [-0.4, -0.2) is 29.6 Å². The van der Waals surface area contributed by atoms with Gasteiger partial charge in [-0.25, -0.2) is 0 Å². The van der Waals surface area contributed by atoms with Gasteiger partial charge in [0.05, 0.1) is 0 Å². The Morgan fingerprint density at radius 3 is 2.88 bits per heavy atom. The molecule has 1 saturated heterocycles. The van der Waals surface area contributed by atoms with Crippen LogP contribution >= 0.6 is 12.4 Å². The highest BCUT2D eigenvalue weighted by atomic mass is 35.5. The maximum Gasteiger partial charge on any atom is 0.267 e. The Morgan fingerprint density at radius 1 is 1.59 bits per heavy atom. The van der Waals surface area contributed by atoms with Crippen LogP contribution in [0, 0.1) is 6.92 Å². The van der Waals surface area contributed by atoms with E-state index >= 15 is 0 Å². The van der Waals surface area contributed by atoms with Gasteiger partial charge in [-0.15, -0.1) is 12.4 Å². The Balaban J connectivity index is 0.00000144. The Kier molecular flexibility index (Phi) is 5.02. The molecule has 2 rings (SSSR count). The molecule has 1 aliphatic rings. The molecule has 0 aromatic carbocycles. The van der Waals surface area contributed by atoms with Gasteiger partial charge < -0.3 is 15.2 Å². The molecule has 0 aliphatic carbocycles. The summed E-state index contributed by atoms with van der Waals surface area (Å²) in [6.07, 6.45) is 2.37. The van der Waals surface area contributed by atoms with Crippen LogP contribution in [0.3, 0.4) is 0 Å². The van der Waals surface area contributed by atoms with E-state index in [1.54, 1.807) is 0 Å². The molecule has 2 N–H and O–H groups in total. The van der Waals surface area contributed by atoms with Crippen molar-refractivity contribution in [3.63, 3.8) is 0 Å². The number of carbonyl (C=O) groups is 1. The summed E-state index contributed by atoms with van der Waals surface area (Å²) in [7, 11) is 1.91. The lowest BCUT2D eigenvalue weighted by Gasteiger charge is -2.12. The molecule has 0 radical (unpaired) electrons. The second kappa shape index (κ2) is 6.07. The van der Waals surface area contributed by atoms with Crippen molar-refractivity contribution in [2.24, 2.45) is 7.05 Å². The normalized spacial score (nSPS) is 18.8. The van der Waals surface area contributed by atoms with Gasteiger partial charge in [-0.1, -0.05) is 0 Å². The summed E-state index contributed by atoms with van der Waals surface area (Å²) in [5.41, 5.74) is 1.83. The van der Waals surface area contributed by atoms with Gasteiger partial charge >= 0.3 is 0 Å². The fourth-order valence-electron chi connectivity index (χ4n) is 2.08. The number of nitrogens with one attached hydrogen (secondary N) is 2. The van der Waals surface area contributed by atoms with E-state index in [1.807, 2.05) is 30.7 Å². The van der Waals surface area contributed by atoms with Gasteiger partial charge in [-0.05, 0) is 38.4 Å². The lowest BCUT2D eigenvalue weighted by atomic mass is 10.2. The van der Waals surface area contributed by atoms with Gasteiger partial charge in [-0.2, -0.15) is 0 Å². The van der Waals surface area contributed by atoms with Gasteiger partial charge in [-0.3, -0.25) is 4.79 Å². The zero-order valence-corrected chi connectivity index (χ0v) is 11.1. The highest BCUT2D eigenvalue weighted by molar-refractivity contribution is 5.92. The van der Waals surface area contributed by atoms with Gasteiger partial charge in [0.25, 0.3) is 5.91 Å². The molecule has 5 heteroatoms. The number of halogens is 1. The van der Waals surface area contributed by atoms with Gasteiger partial charge in [0.15, 0.2) is 0 Å². The maximum atomic E-state index is 11.9. The number of carbonyl (C=O) groups excluding carboxylic acids is 1. The predicted octanol–water partition coefficient (Wildman–Crippen LogP) is 1.24. The van der Waals surface area contributed by atoms with E-state index in [0.717, 1.165) is 30.9 Å². The third-order valence-electron chi connectivity index (χ3n) is 3.28. The lowest BCUT2D eigenvalue weighted by Crippen LogP contribution is -2.37. The molecule has 1 aromatic heterocycles. The topological polar surface area (TPSA) is 46.1 Å². The van der Waals surface area contributed by atoms with Crippen LogP contribution in [-0.2, 0) is 7.05 Å². The van der Waals surface area contributed by atoms with E-state index < -0.39 is 0 Å². The number of nitrogens with zero attached hydrogens (tertiary/aromatic N) is 1. The third-order valence-corrected chi connectivity index (χ3v) is 3.28. The fraction of sp³-hybridized carbons (Fsp3) is 0.583. The molecule has 4 nitrogen and oxygen atoms in total. The van der Waals surface area contributed by atoms with Crippen LogP contribution in [0.4, 0.5) is 0 Å². The van der Waals surface area contributed by atoms with Crippen LogP contribution in [0.15, 0.2) is 12.1 Å². The largest absolute Gasteiger partial charge is 0.349 e. The van der Waals surface area contributed by atoms with Crippen molar-refractivity contribution >= 4 is 18.3 Å². The zero-order valence-electron chi connectivity index (χ0n) is 10.3. The minimum Gasteiger partial charge on any atom is -0.349 e. The Hall–Kier alpha value is -1.00. The first-order chi connectivity index (χ1) is 7.68. The molecular formula is C12H20ClN3O. The highest BCUT2D eigenvalue weighted by Gasteiger charge is 2.16. The Morgan fingerprint density at radius 2 is 2.35 bits per heavy atom. The number of hydrogen-bond acceptors (Lipinski definition) is 2. The quantitative estimate of drug-likeness (QED) is 0.856. The van der Waals surface area contributed by atoms with E-state index in [2.05, 4.69) is 10.6 Å². The number of amides is 1. The van der Waals surface area contributed by atoms with Crippen molar-refractivity contribution in [3.8, 4) is 0 Å². The summed E-state index contributed by atoms with van der Waals surface area (Å²) in [5.74, 6) is 0.0179. The first kappa shape index (κ1) is 14.1. The zero-order chi connectivity index (χ0) is 11.5. The molecule has 96 valence electrons. The SMILES string of the molecule is Cc1ccc(C(=O)NCC2CCCN2)n1C.Cl. The second-order valence-electron chi connectivity index (χ2n) is 4.42. The summed E-state index contributed by atoms with van der Waals surface area (Å²) >= 11 is 0. The molecule has 1 amide bonds. The van der Waals surface area contributed by atoms with Crippen molar-refractivity contribution < 1.29 is 4.79 Å². The van der Waals surface area contributed by atoms with Crippen LogP contribution in [0.2, 0.25) is 0 Å². The van der Waals surface area contributed by atoms with E-state index in [9.17, 15) is 4.79 Å². The lowest BCUT2D eigenvalue weighted by molar-refractivity contribution is 0.0942. The Labute approximate surface area is 108 Å². The second-order valence-corrected chi connectivity index (χ2v) is 4.42. The molecule has 1 atom stereocenters. The minimum absolute atomic E-state index is 0. The molecule has 1 unspecified atom stereocenters. The van der Waals surface area contributed by atoms with E-state index in [0.29, 0.717) is 6.04 Å². The van der Waals surface area contributed by atoms with Gasteiger partial charge in [0.1, 0.15) is 5.69 Å². The molecule has 0 saturated carbocycles. The maximum absolute atomic E-state index is 11.9. The predicted molar refractivity (Wildman–Crippen MR) is 70.8 cm³/mol. The van der Waals surface area contributed by atoms with Crippen LogP contribution in [0.5, 0.6) is 0 Å². The number of aryl methyl sites for hydroxylation is 1. The van der Waals surface area contributed by atoms with E-state index in [4.69, 9.17) is 0 Å². The van der Waals surface area contributed by atoms with Crippen molar-refractivity contribution in [1.29, 1.82) is 0 Å². The summed E-state index contributed by atoms with van der Waals surface area (Å²) in [4.78, 5) is 11.9.